The highest BCUT2D eigenvalue weighted by Gasteiger charge is 2.06. The van der Waals surface area contributed by atoms with Crippen molar-refractivity contribution in [1.82, 2.24) is 9.78 Å². The van der Waals surface area contributed by atoms with Crippen LogP contribution in [0.2, 0.25) is 5.02 Å². The van der Waals surface area contributed by atoms with Gasteiger partial charge in [-0.2, -0.15) is 5.10 Å². The van der Waals surface area contributed by atoms with Crippen molar-refractivity contribution in [2.45, 2.75) is 13.5 Å². The summed E-state index contributed by atoms with van der Waals surface area (Å²) >= 11 is 5.92. The molecular formula is C11H12ClN3. The molecule has 0 amide bonds. The smallest absolute Gasteiger partial charge is 0.0663 e. The standard InChI is InChI=1S/C11H12ClN3/c1-8-9(6-13)7-14-15(8)11-4-2-3-10(12)5-11/h2-5,7H,6,13H2,1H3. The van der Waals surface area contributed by atoms with Gasteiger partial charge in [-0.3, -0.25) is 0 Å². The fourth-order valence-electron chi connectivity index (χ4n) is 1.51. The Bertz CT molecular complexity index is 476. The molecule has 0 atom stereocenters. The lowest BCUT2D eigenvalue weighted by Gasteiger charge is -2.05. The van der Waals surface area contributed by atoms with Gasteiger partial charge in [-0.05, 0) is 25.1 Å². The number of benzene rings is 1. The Morgan fingerprint density at radius 2 is 2.27 bits per heavy atom. The van der Waals surface area contributed by atoms with Gasteiger partial charge in [-0.1, -0.05) is 17.7 Å². The van der Waals surface area contributed by atoms with Crippen LogP contribution >= 0.6 is 11.6 Å². The number of nitrogens with two attached hydrogens (primary N) is 1. The van der Waals surface area contributed by atoms with Gasteiger partial charge in [0.15, 0.2) is 0 Å². The first kappa shape index (κ1) is 10.2. The van der Waals surface area contributed by atoms with Crippen molar-refractivity contribution in [3.8, 4) is 5.69 Å². The van der Waals surface area contributed by atoms with Crippen LogP contribution in [0, 0.1) is 6.92 Å². The number of aromatic nitrogens is 2. The third-order valence-corrected chi connectivity index (χ3v) is 2.62. The Hall–Kier alpha value is -1.32. The molecular weight excluding hydrogens is 210 g/mol. The van der Waals surface area contributed by atoms with Gasteiger partial charge >= 0.3 is 0 Å². The monoisotopic (exact) mass is 221 g/mol. The molecule has 2 aromatic rings. The lowest BCUT2D eigenvalue weighted by Crippen LogP contribution is -2.01. The number of hydrogen-bond acceptors (Lipinski definition) is 2. The molecule has 1 aromatic heterocycles. The summed E-state index contributed by atoms with van der Waals surface area (Å²) in [6.45, 7) is 2.50. The summed E-state index contributed by atoms with van der Waals surface area (Å²) in [5, 5.41) is 4.98. The zero-order valence-corrected chi connectivity index (χ0v) is 9.20. The summed E-state index contributed by atoms with van der Waals surface area (Å²) in [5.74, 6) is 0. The van der Waals surface area contributed by atoms with Crippen molar-refractivity contribution in [1.29, 1.82) is 0 Å². The largest absolute Gasteiger partial charge is 0.326 e. The average molecular weight is 222 g/mol. The van der Waals surface area contributed by atoms with E-state index in [2.05, 4.69) is 5.10 Å². The van der Waals surface area contributed by atoms with Crippen LogP contribution in [0.3, 0.4) is 0 Å². The third kappa shape index (κ3) is 1.89. The minimum atomic E-state index is 0.506. The van der Waals surface area contributed by atoms with E-state index in [1.165, 1.54) is 0 Å². The second kappa shape index (κ2) is 4.04. The van der Waals surface area contributed by atoms with Gasteiger partial charge in [0.05, 0.1) is 11.9 Å². The van der Waals surface area contributed by atoms with E-state index in [0.29, 0.717) is 11.6 Å². The van der Waals surface area contributed by atoms with E-state index in [0.717, 1.165) is 16.9 Å². The second-order valence-corrected chi connectivity index (χ2v) is 3.79. The van der Waals surface area contributed by atoms with Gasteiger partial charge in [0.25, 0.3) is 0 Å². The van der Waals surface area contributed by atoms with E-state index < -0.39 is 0 Å². The van der Waals surface area contributed by atoms with Crippen LogP contribution in [0.15, 0.2) is 30.5 Å². The van der Waals surface area contributed by atoms with Crippen LogP contribution in [-0.4, -0.2) is 9.78 Å². The second-order valence-electron chi connectivity index (χ2n) is 3.35. The molecule has 0 bridgehead atoms. The van der Waals surface area contributed by atoms with E-state index >= 15 is 0 Å². The van der Waals surface area contributed by atoms with Crippen molar-refractivity contribution >= 4 is 11.6 Å². The fourth-order valence-corrected chi connectivity index (χ4v) is 1.70. The maximum absolute atomic E-state index is 5.92. The molecule has 15 heavy (non-hydrogen) atoms. The number of rotatable bonds is 2. The predicted octanol–water partition coefficient (Wildman–Crippen LogP) is 2.29. The van der Waals surface area contributed by atoms with Crippen molar-refractivity contribution in [3.05, 3.63) is 46.7 Å². The Labute approximate surface area is 93.5 Å². The Balaban J connectivity index is 2.49. The summed E-state index contributed by atoms with van der Waals surface area (Å²) in [6.07, 6.45) is 1.79. The van der Waals surface area contributed by atoms with Crippen LogP contribution < -0.4 is 5.73 Å². The van der Waals surface area contributed by atoms with Gasteiger partial charge < -0.3 is 5.73 Å². The van der Waals surface area contributed by atoms with Crippen LogP contribution in [0.4, 0.5) is 0 Å². The lowest BCUT2D eigenvalue weighted by molar-refractivity contribution is 0.843. The fraction of sp³-hybridized carbons (Fsp3) is 0.182. The van der Waals surface area contributed by atoms with Gasteiger partial charge in [-0.25, -0.2) is 4.68 Å². The van der Waals surface area contributed by atoms with Gasteiger partial charge in [-0.15, -0.1) is 0 Å². The number of halogens is 1. The van der Waals surface area contributed by atoms with E-state index in [-0.39, 0.29) is 0 Å². The molecule has 0 fully saturated rings. The van der Waals surface area contributed by atoms with E-state index in [1.54, 1.807) is 6.20 Å². The molecule has 2 rings (SSSR count). The molecule has 1 aromatic carbocycles. The molecule has 78 valence electrons. The molecule has 0 unspecified atom stereocenters. The maximum Gasteiger partial charge on any atom is 0.0663 e. The van der Waals surface area contributed by atoms with E-state index in [9.17, 15) is 0 Å². The van der Waals surface area contributed by atoms with Gasteiger partial charge in [0.1, 0.15) is 0 Å². The summed E-state index contributed by atoms with van der Waals surface area (Å²) in [7, 11) is 0. The minimum Gasteiger partial charge on any atom is -0.326 e. The van der Waals surface area contributed by atoms with Crippen molar-refractivity contribution in [2.24, 2.45) is 5.73 Å². The predicted molar refractivity (Wildman–Crippen MR) is 61.2 cm³/mol. The maximum atomic E-state index is 5.92. The molecule has 0 aliphatic rings. The summed E-state index contributed by atoms with van der Waals surface area (Å²) < 4.78 is 1.84. The SMILES string of the molecule is Cc1c(CN)cnn1-c1cccc(Cl)c1. The van der Waals surface area contributed by atoms with Crippen molar-refractivity contribution < 1.29 is 0 Å². The van der Waals surface area contributed by atoms with Gasteiger partial charge in [0, 0.05) is 22.8 Å². The van der Waals surface area contributed by atoms with Gasteiger partial charge in [0.2, 0.25) is 0 Å². The molecule has 1 heterocycles. The molecule has 0 radical (unpaired) electrons. The average Bonchev–Trinajstić information content (AvgIpc) is 2.59. The first-order chi connectivity index (χ1) is 7.22. The Morgan fingerprint density at radius 3 is 2.87 bits per heavy atom. The molecule has 0 aliphatic carbocycles. The van der Waals surface area contributed by atoms with Crippen LogP contribution in [0.5, 0.6) is 0 Å². The molecule has 3 nitrogen and oxygen atoms in total. The van der Waals surface area contributed by atoms with Crippen molar-refractivity contribution in [3.63, 3.8) is 0 Å². The van der Waals surface area contributed by atoms with Crippen molar-refractivity contribution in [2.75, 3.05) is 0 Å². The van der Waals surface area contributed by atoms with Crippen LogP contribution in [-0.2, 0) is 6.54 Å². The highest BCUT2D eigenvalue weighted by molar-refractivity contribution is 6.30. The lowest BCUT2D eigenvalue weighted by atomic mass is 10.2. The number of nitrogens with zero attached hydrogens (tertiary/aromatic N) is 2. The van der Waals surface area contributed by atoms with Crippen LogP contribution in [0.1, 0.15) is 11.3 Å². The normalized spacial score (nSPS) is 10.6. The highest BCUT2D eigenvalue weighted by atomic mass is 35.5. The Kier molecular flexibility index (Phi) is 2.75. The third-order valence-electron chi connectivity index (χ3n) is 2.38. The van der Waals surface area contributed by atoms with Crippen LogP contribution in [0.25, 0.3) is 5.69 Å². The summed E-state index contributed by atoms with van der Waals surface area (Å²) in [4.78, 5) is 0. The first-order valence-corrected chi connectivity index (χ1v) is 5.09. The Morgan fingerprint density at radius 1 is 1.47 bits per heavy atom. The molecule has 2 N–H and O–H groups in total. The topological polar surface area (TPSA) is 43.8 Å². The summed E-state index contributed by atoms with van der Waals surface area (Å²) in [6, 6.07) is 7.59. The molecule has 0 saturated heterocycles. The molecule has 0 spiro atoms. The first-order valence-electron chi connectivity index (χ1n) is 4.72. The zero-order valence-electron chi connectivity index (χ0n) is 8.44. The zero-order chi connectivity index (χ0) is 10.8. The van der Waals surface area contributed by atoms with E-state index in [1.807, 2.05) is 35.9 Å². The number of hydrogen-bond donors (Lipinski definition) is 1. The molecule has 0 aliphatic heterocycles. The highest BCUT2D eigenvalue weighted by Crippen LogP contribution is 2.17. The molecule has 4 heteroatoms. The quantitative estimate of drug-likeness (QED) is 0.846. The summed E-state index contributed by atoms with van der Waals surface area (Å²) in [5.41, 5.74) is 8.66. The minimum absolute atomic E-state index is 0.506. The van der Waals surface area contributed by atoms with E-state index in [4.69, 9.17) is 17.3 Å². The molecule has 0 saturated carbocycles.